The predicted octanol–water partition coefficient (Wildman–Crippen LogP) is 11.2. The number of rotatable bonds is 19. The van der Waals surface area contributed by atoms with Gasteiger partial charge in [-0.05, 0) is 129 Å². The number of thiazole rings is 2. The molecule has 5 amide bonds. The highest BCUT2D eigenvalue weighted by atomic mass is 35.5. The summed E-state index contributed by atoms with van der Waals surface area (Å²) in [6.07, 6.45) is 1.75. The van der Waals surface area contributed by atoms with Crippen molar-refractivity contribution in [3.8, 4) is 27.6 Å². The minimum absolute atomic E-state index is 0.0123. The fraction of sp³-hybridized carbons (Fsp3) is 0.554. The highest BCUT2D eigenvalue weighted by Gasteiger charge is 2.47. The summed E-state index contributed by atoms with van der Waals surface area (Å²) >= 11 is 9.50. The Kier molecular flexibility index (Phi) is 20.1. The van der Waals surface area contributed by atoms with Crippen LogP contribution in [-0.4, -0.2) is 170 Å². The SMILES string of the molecule is Cc1ncsc1-c1ccc([C@H](C)NC(=O)[C@@H]2C[C@@H](O)CN2C(=O)[C@@H](NC(=O)CCOCCCN2CCC[C@H]2COc2nc(N3CC4CCC(C3)N4C(=O)OC(C)(C)C)c3cc(Cl)c(-c4ccc(F)c5sc(NC(=O)OC(C)(C)C)nc45)c(F)c3n2)C(C)(C)C)cc1. The molecule has 4 aliphatic rings. The fourth-order valence-corrected chi connectivity index (χ4v) is 14.4. The fourth-order valence-electron chi connectivity index (χ4n) is 12.5. The molecule has 4 saturated heterocycles. The molecule has 10 rings (SSSR count). The normalized spacial score (nSPS) is 20.3. The number of amides is 5. The summed E-state index contributed by atoms with van der Waals surface area (Å²) in [6.45, 7) is 22.7. The van der Waals surface area contributed by atoms with Crippen LogP contribution in [0.3, 0.4) is 0 Å². The summed E-state index contributed by atoms with van der Waals surface area (Å²) in [5.74, 6) is -2.31. The smallest absolute Gasteiger partial charge is 0.413 e. The van der Waals surface area contributed by atoms with E-state index in [1.165, 1.54) is 17.0 Å². The lowest BCUT2D eigenvalue weighted by Crippen LogP contribution is -2.58. The number of anilines is 2. The summed E-state index contributed by atoms with van der Waals surface area (Å²) < 4.78 is 56.9. The molecular weight excluding hydrogens is 1230 g/mol. The van der Waals surface area contributed by atoms with Crippen LogP contribution in [-0.2, 0) is 28.6 Å². The van der Waals surface area contributed by atoms with Gasteiger partial charge in [0.05, 0.1) is 62.2 Å². The number of aryl methyl sites for hydroxylation is 1. The molecular formula is C65H82ClF2N11O10S2. The lowest BCUT2D eigenvalue weighted by molar-refractivity contribution is -0.144. The summed E-state index contributed by atoms with van der Waals surface area (Å²) in [4.78, 5) is 95.0. The molecule has 0 aliphatic carbocycles. The monoisotopic (exact) mass is 1310 g/mol. The van der Waals surface area contributed by atoms with Gasteiger partial charge in [0.2, 0.25) is 17.7 Å². The molecule has 26 heteroatoms. The standard InChI is InChI=1S/C65H82ClF2N11O10S2/c1-35(37-15-17-38(18-16-37)53-36(2)69-34-90-53)70-57(82)47-28-42(80)32-78(47)58(83)55(63(3,4)5)71-48(81)23-27-86-26-13-25-76-24-12-14-41(76)33-87-59-72-51-44(56(74-59)77-30-39-19-20-40(31-77)79(39)62(85)89-65(9,10)11)29-45(66)49(50(51)68)43-21-22-46(67)54-52(43)73-60(91-54)75-61(84)88-64(6,7)8/h15-18,21-22,29,34-35,39-42,47,55,80H,12-14,19-20,23-28,30-33H2,1-11H3,(H,70,82)(H,71,81)(H,73,75,84)/t35-,39?,40?,41-,42+,47-,55+/m0/s1. The van der Waals surface area contributed by atoms with Gasteiger partial charge in [-0.3, -0.25) is 29.5 Å². The number of carbonyl (C=O) groups is 5. The zero-order chi connectivity index (χ0) is 65.4. The molecule has 91 heavy (non-hydrogen) atoms. The first kappa shape index (κ1) is 67.0. The third-order valence-electron chi connectivity index (χ3n) is 16.8. The van der Waals surface area contributed by atoms with Crippen molar-refractivity contribution in [2.75, 3.05) is 62.8 Å². The number of β-amino-alcohol motifs (C(OH)–C–C–N with tert-alkyl or cyclic N) is 1. The number of nitrogens with one attached hydrogen (secondary N) is 3. The summed E-state index contributed by atoms with van der Waals surface area (Å²) in [5.41, 5.74) is 2.47. The molecule has 0 spiro atoms. The molecule has 0 radical (unpaired) electrons. The van der Waals surface area contributed by atoms with Gasteiger partial charge in [0.15, 0.2) is 10.9 Å². The van der Waals surface area contributed by atoms with Gasteiger partial charge >= 0.3 is 18.2 Å². The van der Waals surface area contributed by atoms with Crippen molar-refractivity contribution in [3.05, 3.63) is 75.9 Å². The number of halogens is 3. The minimum atomic E-state index is -0.990. The summed E-state index contributed by atoms with van der Waals surface area (Å²) in [5, 5.41) is 19.6. The minimum Gasteiger partial charge on any atom is -0.462 e. The molecule has 3 aromatic carbocycles. The molecule has 0 saturated carbocycles. The first-order chi connectivity index (χ1) is 43.0. The lowest BCUT2D eigenvalue weighted by Gasteiger charge is -2.42. The van der Waals surface area contributed by atoms with Crippen LogP contribution >= 0.6 is 34.3 Å². The first-order valence-corrected chi connectivity index (χ1v) is 33.2. The Labute approximate surface area is 541 Å². The molecule has 21 nitrogen and oxygen atoms in total. The summed E-state index contributed by atoms with van der Waals surface area (Å²) in [6, 6.07) is 9.20. The molecule has 490 valence electrons. The Bertz CT molecular complexity index is 3670. The zero-order valence-electron chi connectivity index (χ0n) is 53.4. The van der Waals surface area contributed by atoms with Crippen molar-refractivity contribution >= 4 is 96.3 Å². The third kappa shape index (κ3) is 15.6. The molecule has 3 aromatic heterocycles. The Balaban J connectivity index is 0.773. The molecule has 4 fully saturated rings. The second-order valence-corrected chi connectivity index (χ2v) is 29.4. The maximum absolute atomic E-state index is 17.7. The number of fused-ring (bicyclic) bond motifs is 4. The number of hydrogen-bond acceptors (Lipinski definition) is 18. The van der Waals surface area contributed by atoms with E-state index in [4.69, 9.17) is 40.5 Å². The Morgan fingerprint density at radius 2 is 1.58 bits per heavy atom. The number of carbonyl (C=O) groups excluding carboxylic acids is 5. The number of aliphatic hydroxyl groups excluding tert-OH is 1. The average Bonchev–Trinajstić information content (AvgIpc) is 1.69. The van der Waals surface area contributed by atoms with Gasteiger partial charge in [-0.2, -0.15) is 9.97 Å². The largest absolute Gasteiger partial charge is 0.462 e. The van der Waals surface area contributed by atoms with E-state index in [1.807, 2.05) is 90.1 Å². The van der Waals surface area contributed by atoms with Crippen LogP contribution in [0, 0.1) is 24.0 Å². The van der Waals surface area contributed by atoms with Gasteiger partial charge in [0.25, 0.3) is 0 Å². The number of likely N-dealkylation sites (tertiary alicyclic amines) is 2. The molecule has 7 atom stereocenters. The number of piperazine rings is 1. The van der Waals surface area contributed by atoms with Gasteiger partial charge in [-0.1, -0.05) is 68.0 Å². The van der Waals surface area contributed by atoms with E-state index in [0.29, 0.717) is 43.9 Å². The molecule has 4 aliphatic heterocycles. The number of aliphatic hydroxyl groups is 1. The van der Waals surface area contributed by atoms with Gasteiger partial charge in [0, 0.05) is 68.2 Å². The van der Waals surface area contributed by atoms with Crippen molar-refractivity contribution in [3.63, 3.8) is 0 Å². The van der Waals surface area contributed by atoms with E-state index in [-0.39, 0.29) is 106 Å². The van der Waals surface area contributed by atoms with E-state index in [2.05, 4.69) is 30.8 Å². The van der Waals surface area contributed by atoms with E-state index < -0.39 is 70.4 Å². The van der Waals surface area contributed by atoms with E-state index in [0.717, 1.165) is 65.3 Å². The van der Waals surface area contributed by atoms with Crippen molar-refractivity contribution in [1.82, 2.24) is 45.3 Å². The van der Waals surface area contributed by atoms with Crippen LogP contribution in [0.4, 0.5) is 29.3 Å². The molecule has 6 aromatic rings. The van der Waals surface area contributed by atoms with Crippen molar-refractivity contribution in [1.29, 1.82) is 0 Å². The molecule has 2 bridgehead atoms. The van der Waals surface area contributed by atoms with Gasteiger partial charge in [-0.15, -0.1) is 11.3 Å². The van der Waals surface area contributed by atoms with Crippen LogP contribution in [0.25, 0.3) is 42.7 Å². The number of benzene rings is 3. The zero-order valence-corrected chi connectivity index (χ0v) is 55.8. The van der Waals surface area contributed by atoms with Crippen LogP contribution in [0.2, 0.25) is 5.02 Å². The van der Waals surface area contributed by atoms with Gasteiger partial charge < -0.3 is 44.5 Å². The van der Waals surface area contributed by atoms with E-state index in [9.17, 15) is 29.1 Å². The molecule has 4 N–H and O–H groups in total. The maximum Gasteiger partial charge on any atom is 0.413 e. The Hall–Kier alpha value is -6.90. The van der Waals surface area contributed by atoms with Crippen LogP contribution in [0.15, 0.2) is 48.0 Å². The highest BCUT2D eigenvalue weighted by molar-refractivity contribution is 7.22. The molecule has 2 unspecified atom stereocenters. The van der Waals surface area contributed by atoms with Crippen molar-refractivity contribution in [2.45, 2.75) is 175 Å². The second-order valence-electron chi connectivity index (χ2n) is 27.1. The molecule has 7 heterocycles. The number of hydrogen-bond donors (Lipinski definition) is 4. The second kappa shape index (κ2) is 27.4. The topological polar surface area (TPSA) is 243 Å². The van der Waals surface area contributed by atoms with Crippen LogP contribution < -0.4 is 25.6 Å². The Morgan fingerprint density at radius 3 is 2.25 bits per heavy atom. The highest BCUT2D eigenvalue weighted by Crippen LogP contribution is 2.45. The quantitative estimate of drug-likeness (QED) is 0.0551. The number of aromatic nitrogens is 4. The predicted molar refractivity (Wildman–Crippen MR) is 347 cm³/mol. The van der Waals surface area contributed by atoms with Crippen molar-refractivity contribution in [2.24, 2.45) is 5.41 Å². The van der Waals surface area contributed by atoms with E-state index >= 15 is 8.78 Å². The Morgan fingerprint density at radius 1 is 0.868 bits per heavy atom. The van der Waals surface area contributed by atoms with Crippen LogP contribution in [0.5, 0.6) is 6.01 Å². The average molecular weight is 1320 g/mol. The van der Waals surface area contributed by atoms with E-state index in [1.54, 1.807) is 43.1 Å². The van der Waals surface area contributed by atoms with Gasteiger partial charge in [-0.25, -0.2) is 28.3 Å². The lowest BCUT2D eigenvalue weighted by atomic mass is 9.85. The first-order valence-electron chi connectivity index (χ1n) is 31.1. The summed E-state index contributed by atoms with van der Waals surface area (Å²) in [7, 11) is 0. The maximum atomic E-state index is 17.7. The van der Waals surface area contributed by atoms with Crippen LogP contribution in [0.1, 0.15) is 131 Å². The number of ether oxygens (including phenoxy) is 4. The third-order valence-corrected chi connectivity index (χ3v) is 19.0. The van der Waals surface area contributed by atoms with Crippen molar-refractivity contribution < 1.29 is 56.8 Å². The van der Waals surface area contributed by atoms with Gasteiger partial charge in [0.1, 0.15) is 47.0 Å². The number of nitrogens with zero attached hydrogens (tertiary/aromatic N) is 8.